The van der Waals surface area contributed by atoms with Gasteiger partial charge in [0.15, 0.2) is 9.84 Å². The number of hydrogen-bond donors (Lipinski definition) is 1. The molecule has 1 aliphatic rings. The second-order valence-corrected chi connectivity index (χ2v) is 10.7. The van der Waals surface area contributed by atoms with Crippen LogP contribution < -0.4 is 56.7 Å². The molecule has 1 aromatic heterocycles. The van der Waals surface area contributed by atoms with Crippen molar-refractivity contribution in [2.24, 2.45) is 0 Å². The Hall–Kier alpha value is -1.55. The molecule has 0 atom stereocenters. The van der Waals surface area contributed by atoms with Gasteiger partial charge in [-0.05, 0) is 46.9 Å². The van der Waals surface area contributed by atoms with Gasteiger partial charge in [-0.25, -0.2) is 13.6 Å². The van der Waals surface area contributed by atoms with Gasteiger partial charge in [0.1, 0.15) is 0 Å². The third kappa shape index (κ3) is 7.47. The van der Waals surface area contributed by atoms with E-state index in [9.17, 15) is 13.2 Å². The first kappa shape index (κ1) is 27.7. The molecule has 0 unspecified atom stereocenters. The number of rotatable bonds is 3. The molecule has 1 N–H and O–H groups in total. The summed E-state index contributed by atoms with van der Waals surface area (Å²) < 4.78 is 28.9. The second kappa shape index (κ2) is 11.2. The van der Waals surface area contributed by atoms with Crippen LogP contribution in [0.25, 0.3) is 6.08 Å². The Balaban J connectivity index is 0.000000326. The Kier molecular flexibility index (Phi) is 9.44. The summed E-state index contributed by atoms with van der Waals surface area (Å²) in [6.07, 6.45) is 5.90. The first-order valence-electron chi connectivity index (χ1n) is 10.1. The van der Waals surface area contributed by atoms with E-state index in [0.717, 1.165) is 16.9 Å². The average molecular weight is 490 g/mol. The van der Waals surface area contributed by atoms with Gasteiger partial charge in [-0.1, -0.05) is 32.5 Å². The van der Waals surface area contributed by atoms with E-state index < -0.39 is 9.84 Å². The van der Waals surface area contributed by atoms with Crippen molar-refractivity contribution < 1.29 is 69.1 Å². The van der Waals surface area contributed by atoms with E-state index in [-0.39, 0.29) is 62.7 Å². The molecular formula is C25H26KN2O4S-. The normalized spacial score (nSPS) is 12.6. The Bertz CT molecular complexity index is 1240. The van der Waals surface area contributed by atoms with Gasteiger partial charge < -0.3 is 9.84 Å². The first-order valence-corrected chi connectivity index (χ1v) is 12.0. The number of aryl methyl sites for hydroxylation is 1. The van der Waals surface area contributed by atoms with E-state index in [4.69, 9.17) is 4.52 Å². The molecule has 33 heavy (non-hydrogen) atoms. The van der Waals surface area contributed by atoms with E-state index in [0.29, 0.717) is 28.1 Å². The molecule has 0 saturated carbocycles. The third-order valence-electron chi connectivity index (χ3n) is 4.88. The van der Waals surface area contributed by atoms with Crippen LogP contribution in [0.15, 0.2) is 57.5 Å². The minimum Gasteiger partial charge on any atom is -0.470 e. The third-order valence-corrected chi connectivity index (χ3v) is 6.05. The number of aromatic nitrogens is 1. The fourth-order valence-electron chi connectivity index (χ4n) is 3.26. The van der Waals surface area contributed by atoms with Crippen LogP contribution in [-0.2, 0) is 26.5 Å². The summed E-state index contributed by atoms with van der Waals surface area (Å²) in [7, 11) is -3.33. The number of nitrogens with one attached hydrogen (secondary N) is 1. The molecule has 0 saturated heterocycles. The number of benzene rings is 2. The summed E-state index contributed by atoms with van der Waals surface area (Å²) in [6.45, 7) is 8.06. The zero-order valence-electron chi connectivity index (χ0n) is 19.8. The van der Waals surface area contributed by atoms with Gasteiger partial charge in [0.25, 0.3) is 0 Å². The topological polar surface area (TPSA) is 89.3 Å². The second-order valence-electron chi connectivity index (χ2n) is 8.76. The maximum absolute atomic E-state index is 12.4. The number of sulfone groups is 1. The molecular weight excluding hydrogens is 463 g/mol. The van der Waals surface area contributed by atoms with Crippen LogP contribution in [0.2, 0.25) is 0 Å². The number of carbonyl (C=O) groups excluding carboxylic acids is 1. The minimum absolute atomic E-state index is 0. The fraction of sp³-hybridized carbons (Fsp3) is 0.280. The Morgan fingerprint density at radius 2 is 1.85 bits per heavy atom. The van der Waals surface area contributed by atoms with Crippen molar-refractivity contribution in [2.75, 3.05) is 11.6 Å². The Labute approximate surface area is 238 Å². The molecule has 0 aliphatic heterocycles. The van der Waals surface area contributed by atoms with Gasteiger partial charge in [-0.3, -0.25) is 4.79 Å². The van der Waals surface area contributed by atoms with Crippen LogP contribution in [0.1, 0.15) is 43.2 Å². The predicted molar refractivity (Wildman–Crippen MR) is 124 cm³/mol. The molecule has 3 aromatic rings. The van der Waals surface area contributed by atoms with Crippen molar-refractivity contribution in [3.63, 3.8) is 0 Å². The van der Waals surface area contributed by atoms with Crippen molar-refractivity contribution >= 4 is 27.5 Å². The molecule has 0 fully saturated rings. The summed E-state index contributed by atoms with van der Waals surface area (Å²) in [5, 5.41) is 6.30. The molecule has 0 radical (unpaired) electrons. The SMILES string of the molecule is CC(C)(C)c1c[c-]no1.Cc1cc2c(c(S(C)(=O)=O)c1)CC(C(=O)Nc1cc[c-]cc1)=C2.[K+]. The predicted octanol–water partition coefficient (Wildman–Crippen LogP) is 1.55. The summed E-state index contributed by atoms with van der Waals surface area (Å²) in [5.74, 6) is 0.659. The van der Waals surface area contributed by atoms with Gasteiger partial charge >= 0.3 is 51.4 Å². The molecule has 1 heterocycles. The van der Waals surface area contributed by atoms with Gasteiger partial charge in [0, 0.05) is 18.2 Å². The van der Waals surface area contributed by atoms with Crippen molar-refractivity contribution in [3.05, 3.63) is 82.8 Å². The van der Waals surface area contributed by atoms with Crippen LogP contribution in [0, 0.1) is 19.2 Å². The molecule has 1 amide bonds. The molecule has 4 rings (SSSR count). The minimum atomic E-state index is -3.33. The standard InChI is InChI=1S/C18H16NO3S.C7H10NO.K/c1-12-8-13-10-14(11-16(13)17(9-12)23(2,21)22)18(20)19-15-6-4-3-5-7-15;1-7(2,3)6-4-5-8-9-6;/h4-10H,11H2,1-2H3,(H,19,20);4H,1-3H3;/q2*-1;+1. The van der Waals surface area contributed by atoms with Crippen LogP contribution in [0.4, 0.5) is 5.69 Å². The summed E-state index contributed by atoms with van der Waals surface area (Å²) >= 11 is 0. The maximum atomic E-state index is 12.4. The Morgan fingerprint density at radius 3 is 2.36 bits per heavy atom. The molecule has 2 aromatic carbocycles. The molecule has 168 valence electrons. The van der Waals surface area contributed by atoms with Crippen LogP contribution in [-0.4, -0.2) is 25.7 Å². The number of nitrogens with zero attached hydrogens (tertiary/aromatic N) is 1. The number of hydrogen-bond acceptors (Lipinski definition) is 5. The van der Waals surface area contributed by atoms with Crippen LogP contribution in [0.3, 0.4) is 0 Å². The maximum Gasteiger partial charge on any atom is 1.00 e. The molecule has 0 spiro atoms. The van der Waals surface area contributed by atoms with Crippen molar-refractivity contribution in [3.8, 4) is 0 Å². The smallest absolute Gasteiger partial charge is 0.470 e. The van der Waals surface area contributed by atoms with E-state index in [1.807, 2.05) is 13.0 Å². The monoisotopic (exact) mass is 489 g/mol. The molecule has 0 bridgehead atoms. The summed E-state index contributed by atoms with van der Waals surface area (Å²) in [5.41, 5.74) is 3.67. The average Bonchev–Trinajstić information content (AvgIpc) is 3.37. The first-order chi connectivity index (χ1) is 14.9. The number of carbonyl (C=O) groups is 1. The quantitative estimate of drug-likeness (QED) is 0.446. The van der Waals surface area contributed by atoms with E-state index in [1.165, 1.54) is 6.26 Å². The fourth-order valence-corrected chi connectivity index (χ4v) is 4.29. The number of fused-ring (bicyclic) bond motifs is 1. The molecule has 8 heteroatoms. The number of amides is 1. The van der Waals surface area contributed by atoms with Gasteiger partial charge in [-0.15, -0.1) is 18.3 Å². The van der Waals surface area contributed by atoms with Crippen LogP contribution >= 0.6 is 0 Å². The zero-order valence-corrected chi connectivity index (χ0v) is 23.8. The van der Waals surface area contributed by atoms with Crippen molar-refractivity contribution in [2.45, 2.75) is 44.4 Å². The largest absolute Gasteiger partial charge is 1.00 e. The van der Waals surface area contributed by atoms with Crippen LogP contribution in [0.5, 0.6) is 0 Å². The number of anilines is 1. The van der Waals surface area contributed by atoms with Gasteiger partial charge in [0.2, 0.25) is 5.91 Å². The van der Waals surface area contributed by atoms with Gasteiger partial charge in [-0.2, -0.15) is 24.3 Å². The van der Waals surface area contributed by atoms with Gasteiger partial charge in [0.05, 0.1) is 4.90 Å². The van der Waals surface area contributed by atoms with E-state index >= 15 is 0 Å². The molecule has 1 aliphatic carbocycles. The Morgan fingerprint density at radius 1 is 1.18 bits per heavy atom. The van der Waals surface area contributed by atoms with E-state index in [2.05, 4.69) is 43.5 Å². The van der Waals surface area contributed by atoms with Crippen molar-refractivity contribution in [1.29, 1.82) is 0 Å². The summed E-state index contributed by atoms with van der Waals surface area (Å²) in [4.78, 5) is 12.7. The van der Waals surface area contributed by atoms with E-state index in [1.54, 1.807) is 42.5 Å². The zero-order chi connectivity index (χ0) is 23.5. The summed E-state index contributed by atoms with van der Waals surface area (Å²) in [6, 6.07) is 15.2. The molecule has 6 nitrogen and oxygen atoms in total. The van der Waals surface area contributed by atoms with Crippen molar-refractivity contribution in [1.82, 2.24) is 5.16 Å².